The summed E-state index contributed by atoms with van der Waals surface area (Å²) < 4.78 is 0. The van der Waals surface area contributed by atoms with Crippen LogP contribution in [0.15, 0.2) is 0 Å². The topological polar surface area (TPSA) is 58.4 Å². The van der Waals surface area contributed by atoms with Gasteiger partial charge < -0.3 is 11.1 Å². The van der Waals surface area contributed by atoms with Gasteiger partial charge in [0.2, 0.25) is 5.91 Å². The van der Waals surface area contributed by atoms with Gasteiger partial charge in [-0.2, -0.15) is 0 Å². The molecule has 4 nitrogen and oxygen atoms in total. The van der Waals surface area contributed by atoms with Crippen molar-refractivity contribution < 1.29 is 4.79 Å². The first-order valence-corrected chi connectivity index (χ1v) is 4.40. The van der Waals surface area contributed by atoms with E-state index < -0.39 is 0 Å². The Morgan fingerprint density at radius 3 is 2.83 bits per heavy atom. The fourth-order valence-corrected chi connectivity index (χ4v) is 1.05. The number of carbonyl (C=O) groups is 1. The number of rotatable bonds is 5. The molecule has 1 rings (SSSR count). The summed E-state index contributed by atoms with van der Waals surface area (Å²) in [6.45, 7) is 1.85. The number of nitrogens with two attached hydrogens (primary N) is 1. The molecular formula is C8H17N3O. The Bertz CT molecular complexity index is 156. The van der Waals surface area contributed by atoms with E-state index in [2.05, 4.69) is 5.32 Å². The van der Waals surface area contributed by atoms with Crippen LogP contribution in [0.3, 0.4) is 0 Å². The summed E-state index contributed by atoms with van der Waals surface area (Å²) in [5, 5.41) is 2.92. The van der Waals surface area contributed by atoms with Gasteiger partial charge in [0.05, 0.1) is 6.54 Å². The van der Waals surface area contributed by atoms with Gasteiger partial charge in [0.1, 0.15) is 0 Å². The van der Waals surface area contributed by atoms with E-state index in [1.807, 2.05) is 11.9 Å². The van der Waals surface area contributed by atoms with E-state index in [9.17, 15) is 4.79 Å². The summed E-state index contributed by atoms with van der Waals surface area (Å²) in [7, 11) is 1.90. The number of likely N-dealkylation sites (N-methyl/N-ethyl adjacent to an activating group) is 1. The van der Waals surface area contributed by atoms with Crippen LogP contribution in [0.25, 0.3) is 0 Å². The SMILES string of the molecule is CN(CCN)CC(=O)NC1CC1. The predicted molar refractivity (Wildman–Crippen MR) is 47.7 cm³/mol. The highest BCUT2D eigenvalue weighted by Gasteiger charge is 2.23. The molecule has 1 fully saturated rings. The number of nitrogens with zero attached hydrogens (tertiary/aromatic N) is 1. The van der Waals surface area contributed by atoms with Gasteiger partial charge in [0.25, 0.3) is 0 Å². The van der Waals surface area contributed by atoms with Gasteiger partial charge in [-0.3, -0.25) is 9.69 Å². The molecular weight excluding hydrogens is 154 g/mol. The fraction of sp³-hybridized carbons (Fsp3) is 0.875. The van der Waals surface area contributed by atoms with Crippen LogP contribution in [0.4, 0.5) is 0 Å². The van der Waals surface area contributed by atoms with Crippen LogP contribution in [-0.4, -0.2) is 43.5 Å². The summed E-state index contributed by atoms with van der Waals surface area (Å²) in [4.78, 5) is 13.1. The van der Waals surface area contributed by atoms with Crippen molar-refractivity contribution in [2.45, 2.75) is 18.9 Å². The summed E-state index contributed by atoms with van der Waals surface area (Å²) in [5.41, 5.74) is 5.35. The Labute approximate surface area is 73.1 Å². The molecule has 0 aromatic rings. The van der Waals surface area contributed by atoms with Crippen LogP contribution >= 0.6 is 0 Å². The number of nitrogens with one attached hydrogen (secondary N) is 1. The van der Waals surface area contributed by atoms with Gasteiger partial charge in [0.15, 0.2) is 0 Å². The molecule has 3 N–H and O–H groups in total. The molecule has 1 aliphatic rings. The summed E-state index contributed by atoms with van der Waals surface area (Å²) in [6, 6.07) is 0.462. The number of amides is 1. The van der Waals surface area contributed by atoms with E-state index >= 15 is 0 Å². The van der Waals surface area contributed by atoms with Crippen molar-refractivity contribution in [2.75, 3.05) is 26.7 Å². The number of carbonyl (C=O) groups excluding carboxylic acids is 1. The van der Waals surface area contributed by atoms with Crippen molar-refractivity contribution in [3.63, 3.8) is 0 Å². The van der Waals surface area contributed by atoms with Crippen LogP contribution in [0.1, 0.15) is 12.8 Å². The second-order valence-electron chi connectivity index (χ2n) is 3.37. The second kappa shape index (κ2) is 4.42. The number of hydrogen-bond donors (Lipinski definition) is 2. The maximum Gasteiger partial charge on any atom is 0.234 e. The third kappa shape index (κ3) is 3.69. The maximum absolute atomic E-state index is 11.2. The molecule has 0 atom stereocenters. The lowest BCUT2D eigenvalue weighted by Crippen LogP contribution is -2.38. The van der Waals surface area contributed by atoms with Gasteiger partial charge in [-0.25, -0.2) is 0 Å². The molecule has 0 spiro atoms. The standard InChI is InChI=1S/C8H17N3O/c1-11(5-4-9)6-8(12)10-7-2-3-7/h7H,2-6,9H2,1H3,(H,10,12). The smallest absolute Gasteiger partial charge is 0.234 e. The zero-order valence-corrected chi connectivity index (χ0v) is 7.55. The van der Waals surface area contributed by atoms with Crippen LogP contribution in [0.2, 0.25) is 0 Å². The molecule has 0 bridgehead atoms. The molecule has 0 heterocycles. The lowest BCUT2D eigenvalue weighted by Gasteiger charge is -2.14. The zero-order valence-electron chi connectivity index (χ0n) is 7.55. The average molecular weight is 171 g/mol. The highest BCUT2D eigenvalue weighted by atomic mass is 16.2. The molecule has 1 aliphatic carbocycles. The third-order valence-corrected chi connectivity index (χ3v) is 1.87. The minimum atomic E-state index is 0.119. The molecule has 12 heavy (non-hydrogen) atoms. The fourth-order valence-electron chi connectivity index (χ4n) is 1.05. The van der Waals surface area contributed by atoms with Crippen LogP contribution in [0.5, 0.6) is 0 Å². The van der Waals surface area contributed by atoms with E-state index in [0.717, 1.165) is 19.4 Å². The maximum atomic E-state index is 11.2. The minimum absolute atomic E-state index is 0.119. The van der Waals surface area contributed by atoms with Crippen molar-refractivity contribution in [3.05, 3.63) is 0 Å². The Kier molecular flexibility index (Phi) is 3.49. The van der Waals surface area contributed by atoms with Gasteiger partial charge in [0, 0.05) is 19.1 Å². The van der Waals surface area contributed by atoms with Gasteiger partial charge in [-0.1, -0.05) is 0 Å². The molecule has 0 aliphatic heterocycles. The first kappa shape index (κ1) is 9.48. The summed E-state index contributed by atoms with van der Waals surface area (Å²) in [6.07, 6.45) is 2.29. The highest BCUT2D eigenvalue weighted by molar-refractivity contribution is 5.78. The first-order chi connectivity index (χ1) is 5.72. The molecule has 0 unspecified atom stereocenters. The Morgan fingerprint density at radius 2 is 2.33 bits per heavy atom. The molecule has 1 amide bonds. The van der Waals surface area contributed by atoms with E-state index in [4.69, 9.17) is 5.73 Å². The van der Waals surface area contributed by atoms with Gasteiger partial charge >= 0.3 is 0 Å². The Hall–Kier alpha value is -0.610. The van der Waals surface area contributed by atoms with E-state index in [1.54, 1.807) is 0 Å². The monoisotopic (exact) mass is 171 g/mol. The lowest BCUT2D eigenvalue weighted by atomic mass is 10.4. The minimum Gasteiger partial charge on any atom is -0.352 e. The van der Waals surface area contributed by atoms with Gasteiger partial charge in [-0.15, -0.1) is 0 Å². The van der Waals surface area contributed by atoms with Crippen molar-refractivity contribution >= 4 is 5.91 Å². The van der Waals surface area contributed by atoms with E-state index in [1.165, 1.54) is 0 Å². The normalized spacial score (nSPS) is 16.6. The van der Waals surface area contributed by atoms with Gasteiger partial charge in [-0.05, 0) is 19.9 Å². The van der Waals surface area contributed by atoms with E-state index in [-0.39, 0.29) is 5.91 Å². The average Bonchev–Trinajstić information content (AvgIpc) is 2.71. The summed E-state index contributed by atoms with van der Waals surface area (Å²) in [5.74, 6) is 0.119. The second-order valence-corrected chi connectivity index (χ2v) is 3.37. The Balaban J connectivity index is 2.06. The van der Waals surface area contributed by atoms with Crippen molar-refractivity contribution in [1.29, 1.82) is 0 Å². The molecule has 0 aromatic carbocycles. The molecule has 4 heteroatoms. The molecule has 0 aromatic heterocycles. The van der Waals surface area contributed by atoms with Crippen molar-refractivity contribution in [1.82, 2.24) is 10.2 Å². The predicted octanol–water partition coefficient (Wildman–Crippen LogP) is -0.844. The van der Waals surface area contributed by atoms with Crippen molar-refractivity contribution in [2.24, 2.45) is 5.73 Å². The summed E-state index contributed by atoms with van der Waals surface area (Å²) >= 11 is 0. The van der Waals surface area contributed by atoms with E-state index in [0.29, 0.717) is 19.1 Å². The van der Waals surface area contributed by atoms with Crippen LogP contribution in [0, 0.1) is 0 Å². The zero-order chi connectivity index (χ0) is 8.97. The Morgan fingerprint density at radius 1 is 1.67 bits per heavy atom. The first-order valence-electron chi connectivity index (χ1n) is 4.40. The quantitative estimate of drug-likeness (QED) is 0.567. The molecule has 70 valence electrons. The molecule has 1 saturated carbocycles. The highest BCUT2D eigenvalue weighted by Crippen LogP contribution is 2.18. The molecule has 0 radical (unpaired) electrons. The van der Waals surface area contributed by atoms with Crippen LogP contribution in [-0.2, 0) is 4.79 Å². The third-order valence-electron chi connectivity index (χ3n) is 1.87. The lowest BCUT2D eigenvalue weighted by molar-refractivity contribution is -0.122. The van der Waals surface area contributed by atoms with Crippen molar-refractivity contribution in [3.8, 4) is 0 Å². The molecule has 0 saturated heterocycles. The largest absolute Gasteiger partial charge is 0.352 e. The number of hydrogen-bond acceptors (Lipinski definition) is 3. The van der Waals surface area contributed by atoms with Crippen LogP contribution < -0.4 is 11.1 Å².